The summed E-state index contributed by atoms with van der Waals surface area (Å²) in [5.74, 6) is 0. The van der Waals surface area contributed by atoms with Crippen molar-refractivity contribution in [2.75, 3.05) is 5.33 Å². The van der Waals surface area contributed by atoms with Crippen molar-refractivity contribution in [3.8, 4) is 0 Å². The number of alkyl halides is 2. The third kappa shape index (κ3) is 3.22. The maximum atomic E-state index is 4.05. The number of hydrogen-bond donors (Lipinski definition) is 0. The van der Waals surface area contributed by atoms with E-state index < -0.39 is 13.3 Å². The molecule has 0 saturated carbocycles. The van der Waals surface area contributed by atoms with E-state index in [4.69, 9.17) is 0 Å². The molecule has 0 saturated heterocycles. The molecule has 0 fully saturated rings. The van der Waals surface area contributed by atoms with Gasteiger partial charge in [-0.2, -0.15) is 0 Å². The van der Waals surface area contributed by atoms with Crippen LogP contribution in [-0.4, -0.2) is 22.3 Å². The van der Waals surface area contributed by atoms with Gasteiger partial charge in [0, 0.05) is 0 Å². The van der Waals surface area contributed by atoms with Crippen LogP contribution in [0, 0.1) is 0 Å². The Balaban J connectivity index is 2.35. The van der Waals surface area contributed by atoms with Crippen LogP contribution >= 0.6 is 31.9 Å². The SMILES string of the molecule is BrC[CH](Br)[Ge]([c]1ccccc1)([c]1ccccc1)[c]1ccccc1. The molecule has 3 aromatic rings. The molecule has 0 heterocycles. The van der Waals surface area contributed by atoms with E-state index in [9.17, 15) is 0 Å². The summed E-state index contributed by atoms with van der Waals surface area (Å²) in [4.78, 5) is 0. The fourth-order valence-corrected chi connectivity index (χ4v) is 19.3. The molecule has 0 amide bonds. The first-order valence-corrected chi connectivity index (χ1v) is 14.1. The van der Waals surface area contributed by atoms with E-state index >= 15 is 0 Å². The molecule has 0 radical (unpaired) electrons. The molecular weight excluding hydrogens is 473 g/mol. The van der Waals surface area contributed by atoms with Crippen LogP contribution < -0.4 is 13.2 Å². The summed E-state index contributed by atoms with van der Waals surface area (Å²) in [7, 11) is 0. The molecule has 3 heteroatoms. The molecule has 0 aliphatic rings. The zero-order chi connectivity index (χ0) is 16.1. The topological polar surface area (TPSA) is 0 Å². The van der Waals surface area contributed by atoms with Crippen LogP contribution in [0.5, 0.6) is 0 Å². The Bertz CT molecular complexity index is 633. The van der Waals surface area contributed by atoms with Crippen LogP contribution in [0.1, 0.15) is 0 Å². The van der Waals surface area contributed by atoms with Crippen molar-refractivity contribution >= 4 is 58.3 Å². The molecule has 0 spiro atoms. The molecular formula is C20H18Br2Ge. The van der Waals surface area contributed by atoms with Crippen LogP contribution in [-0.2, 0) is 0 Å². The molecule has 116 valence electrons. The Labute approximate surface area is 157 Å². The first kappa shape index (κ1) is 17.0. The van der Waals surface area contributed by atoms with Gasteiger partial charge in [-0.1, -0.05) is 0 Å². The summed E-state index contributed by atoms with van der Waals surface area (Å²) < 4.78 is 4.85. The summed E-state index contributed by atoms with van der Waals surface area (Å²) in [6.07, 6.45) is 0. The second kappa shape index (κ2) is 7.82. The van der Waals surface area contributed by atoms with E-state index in [0.717, 1.165) is 5.33 Å². The van der Waals surface area contributed by atoms with Crippen LogP contribution in [0.2, 0.25) is 0 Å². The van der Waals surface area contributed by atoms with E-state index in [-0.39, 0.29) is 0 Å². The average molecular weight is 491 g/mol. The molecule has 23 heavy (non-hydrogen) atoms. The van der Waals surface area contributed by atoms with Crippen molar-refractivity contribution in [1.82, 2.24) is 0 Å². The minimum atomic E-state index is -2.83. The Hall–Kier alpha value is -0.837. The van der Waals surface area contributed by atoms with E-state index in [1.807, 2.05) is 0 Å². The Kier molecular flexibility index (Phi) is 5.78. The maximum absolute atomic E-state index is 4.05. The zero-order valence-electron chi connectivity index (χ0n) is 12.7. The molecule has 0 aromatic heterocycles. The van der Waals surface area contributed by atoms with Crippen LogP contribution in [0.25, 0.3) is 0 Å². The van der Waals surface area contributed by atoms with Crippen LogP contribution in [0.15, 0.2) is 91.0 Å². The van der Waals surface area contributed by atoms with Gasteiger partial charge in [-0.3, -0.25) is 0 Å². The summed E-state index contributed by atoms with van der Waals surface area (Å²) >= 11 is 4.96. The van der Waals surface area contributed by atoms with E-state index in [2.05, 4.69) is 123 Å². The predicted molar refractivity (Wildman–Crippen MR) is 110 cm³/mol. The molecule has 3 rings (SSSR count). The zero-order valence-corrected chi connectivity index (χ0v) is 18.0. The van der Waals surface area contributed by atoms with E-state index in [0.29, 0.717) is 3.66 Å². The van der Waals surface area contributed by atoms with Gasteiger partial charge in [0.15, 0.2) is 0 Å². The van der Waals surface area contributed by atoms with Crippen molar-refractivity contribution in [2.24, 2.45) is 0 Å². The van der Waals surface area contributed by atoms with Gasteiger partial charge in [0.1, 0.15) is 0 Å². The first-order chi connectivity index (χ1) is 11.3. The molecule has 0 nitrogen and oxygen atoms in total. The fraction of sp³-hybridized carbons (Fsp3) is 0.100. The van der Waals surface area contributed by atoms with Crippen LogP contribution in [0.3, 0.4) is 0 Å². The van der Waals surface area contributed by atoms with Crippen molar-refractivity contribution in [3.05, 3.63) is 91.0 Å². The Morgan fingerprint density at radius 1 is 0.609 bits per heavy atom. The first-order valence-electron chi connectivity index (χ1n) is 7.66. The van der Waals surface area contributed by atoms with Crippen molar-refractivity contribution in [1.29, 1.82) is 0 Å². The Morgan fingerprint density at radius 2 is 0.913 bits per heavy atom. The van der Waals surface area contributed by atoms with Gasteiger partial charge < -0.3 is 0 Å². The molecule has 0 bridgehead atoms. The molecule has 0 aliphatic heterocycles. The van der Waals surface area contributed by atoms with Crippen molar-refractivity contribution in [3.63, 3.8) is 0 Å². The summed E-state index contributed by atoms with van der Waals surface area (Å²) in [6.45, 7) is 0. The van der Waals surface area contributed by atoms with Gasteiger partial charge >= 0.3 is 158 Å². The van der Waals surface area contributed by atoms with Gasteiger partial charge in [-0.15, -0.1) is 0 Å². The normalized spacial score (nSPS) is 12.8. The number of benzene rings is 3. The van der Waals surface area contributed by atoms with Gasteiger partial charge in [-0.05, 0) is 0 Å². The second-order valence-electron chi connectivity index (χ2n) is 5.53. The molecule has 0 N–H and O–H groups in total. The Morgan fingerprint density at radius 3 is 1.17 bits per heavy atom. The summed E-state index contributed by atoms with van der Waals surface area (Å²) in [6, 6.07) is 33.1. The van der Waals surface area contributed by atoms with E-state index in [1.165, 1.54) is 13.2 Å². The van der Waals surface area contributed by atoms with Gasteiger partial charge in [0.25, 0.3) is 0 Å². The monoisotopic (exact) mass is 490 g/mol. The number of rotatable bonds is 5. The van der Waals surface area contributed by atoms with Gasteiger partial charge in [0.2, 0.25) is 0 Å². The van der Waals surface area contributed by atoms with E-state index in [1.54, 1.807) is 0 Å². The number of hydrogen-bond acceptors (Lipinski definition) is 0. The molecule has 0 aliphatic carbocycles. The van der Waals surface area contributed by atoms with Gasteiger partial charge in [-0.25, -0.2) is 0 Å². The van der Waals surface area contributed by atoms with Crippen molar-refractivity contribution < 1.29 is 0 Å². The molecule has 1 unspecified atom stereocenters. The summed E-state index contributed by atoms with van der Waals surface area (Å²) in [5.41, 5.74) is 0. The molecule has 3 aromatic carbocycles. The van der Waals surface area contributed by atoms with Crippen molar-refractivity contribution in [2.45, 2.75) is 3.66 Å². The standard InChI is InChI=1S/C20H18Br2Ge/c21-16-20(22)23(17-10-4-1-5-11-17,18-12-6-2-7-13-18)19-14-8-3-9-15-19/h1-15,20H,16H2. The fourth-order valence-electron chi connectivity index (χ4n) is 3.26. The number of halogens is 2. The average Bonchev–Trinajstić information content (AvgIpc) is 2.65. The third-order valence-corrected chi connectivity index (χ3v) is 21.2. The summed E-state index contributed by atoms with van der Waals surface area (Å²) in [5, 5.41) is 0.936. The quantitative estimate of drug-likeness (QED) is 0.376. The second-order valence-corrected chi connectivity index (χ2v) is 17.5. The van der Waals surface area contributed by atoms with Crippen LogP contribution in [0.4, 0.5) is 0 Å². The molecule has 1 atom stereocenters. The minimum absolute atomic E-state index is 0.412. The third-order valence-electron chi connectivity index (χ3n) is 4.29. The van der Waals surface area contributed by atoms with Gasteiger partial charge in [0.05, 0.1) is 0 Å². The predicted octanol–water partition coefficient (Wildman–Crippen LogP) is 3.85.